The van der Waals surface area contributed by atoms with E-state index in [1.54, 1.807) is 4.90 Å². The van der Waals surface area contributed by atoms with Gasteiger partial charge in [-0.3, -0.25) is 4.79 Å². The van der Waals surface area contributed by atoms with Gasteiger partial charge in [0.25, 0.3) is 0 Å². The molecule has 0 bridgehead atoms. The minimum atomic E-state index is -0.204. The summed E-state index contributed by atoms with van der Waals surface area (Å²) in [7, 11) is 0. The molecule has 22 heavy (non-hydrogen) atoms. The molecule has 2 N–H and O–H groups in total. The van der Waals surface area contributed by atoms with Crippen molar-refractivity contribution in [3.8, 4) is 0 Å². The number of hydrogen-bond donors (Lipinski definition) is 2. The van der Waals surface area contributed by atoms with E-state index in [1.807, 2.05) is 35.2 Å². The Kier molecular flexibility index (Phi) is 4.58. The predicted octanol–water partition coefficient (Wildman–Crippen LogP) is 1.11. The van der Waals surface area contributed by atoms with Crippen LogP contribution in [0.15, 0.2) is 30.3 Å². The SMILES string of the molecule is O=C(Nc1ccccc1)N1CCN(C2CCNCC2)C(=O)C1. The molecule has 3 rings (SSSR count). The number of benzene rings is 1. The summed E-state index contributed by atoms with van der Waals surface area (Å²) in [5.74, 6) is 0.0568. The Morgan fingerprint density at radius 3 is 2.55 bits per heavy atom. The second-order valence-electron chi connectivity index (χ2n) is 5.79. The van der Waals surface area contributed by atoms with Gasteiger partial charge < -0.3 is 20.4 Å². The van der Waals surface area contributed by atoms with E-state index >= 15 is 0 Å². The summed E-state index contributed by atoms with van der Waals surface area (Å²) in [5, 5.41) is 6.14. The van der Waals surface area contributed by atoms with Crippen LogP contribution in [0.5, 0.6) is 0 Å². The fraction of sp³-hybridized carbons (Fsp3) is 0.500. The molecule has 0 saturated carbocycles. The molecule has 3 amide bonds. The summed E-state index contributed by atoms with van der Waals surface area (Å²) in [4.78, 5) is 28.1. The Morgan fingerprint density at radius 1 is 1.14 bits per heavy atom. The molecule has 0 aromatic heterocycles. The van der Waals surface area contributed by atoms with E-state index in [9.17, 15) is 9.59 Å². The van der Waals surface area contributed by atoms with Crippen LogP contribution in [0.25, 0.3) is 0 Å². The van der Waals surface area contributed by atoms with Gasteiger partial charge in [0.1, 0.15) is 6.54 Å². The number of carbonyl (C=O) groups is 2. The van der Waals surface area contributed by atoms with Crippen LogP contribution in [0, 0.1) is 0 Å². The number of piperidine rings is 1. The number of urea groups is 1. The highest BCUT2D eigenvalue weighted by Gasteiger charge is 2.32. The average molecular weight is 302 g/mol. The van der Waals surface area contributed by atoms with E-state index in [4.69, 9.17) is 0 Å². The van der Waals surface area contributed by atoms with Gasteiger partial charge in [0.15, 0.2) is 0 Å². The lowest BCUT2D eigenvalue weighted by Gasteiger charge is -2.40. The van der Waals surface area contributed by atoms with Gasteiger partial charge in [0.05, 0.1) is 0 Å². The molecule has 2 aliphatic rings. The van der Waals surface area contributed by atoms with E-state index < -0.39 is 0 Å². The molecule has 0 atom stereocenters. The maximum Gasteiger partial charge on any atom is 0.322 e. The van der Waals surface area contributed by atoms with Gasteiger partial charge in [-0.15, -0.1) is 0 Å². The lowest BCUT2D eigenvalue weighted by atomic mass is 10.0. The second kappa shape index (κ2) is 6.79. The van der Waals surface area contributed by atoms with Crippen LogP contribution >= 0.6 is 0 Å². The molecule has 2 aliphatic heterocycles. The van der Waals surface area contributed by atoms with Gasteiger partial charge in [-0.25, -0.2) is 4.79 Å². The molecular weight excluding hydrogens is 280 g/mol. The van der Waals surface area contributed by atoms with Gasteiger partial charge in [0, 0.05) is 24.8 Å². The Labute approximate surface area is 130 Å². The zero-order valence-corrected chi connectivity index (χ0v) is 12.6. The topological polar surface area (TPSA) is 64.7 Å². The van der Waals surface area contributed by atoms with Crippen molar-refractivity contribution in [2.75, 3.05) is 38.0 Å². The first kappa shape index (κ1) is 14.8. The standard InChI is InChI=1S/C16H22N4O2/c21-15-12-19(16(22)18-13-4-2-1-3-5-13)10-11-20(15)14-6-8-17-9-7-14/h1-5,14,17H,6-12H2,(H,18,22). The number of anilines is 1. The van der Waals surface area contributed by atoms with E-state index in [1.165, 1.54) is 0 Å². The van der Waals surface area contributed by atoms with Crippen molar-refractivity contribution in [2.24, 2.45) is 0 Å². The Bertz CT molecular complexity index is 528. The molecule has 2 fully saturated rings. The number of nitrogens with one attached hydrogen (secondary N) is 2. The molecule has 2 heterocycles. The van der Waals surface area contributed by atoms with Crippen molar-refractivity contribution in [3.63, 3.8) is 0 Å². The zero-order chi connectivity index (χ0) is 15.4. The first-order chi connectivity index (χ1) is 10.7. The van der Waals surface area contributed by atoms with Gasteiger partial charge in [0.2, 0.25) is 5.91 Å². The second-order valence-corrected chi connectivity index (χ2v) is 5.79. The van der Waals surface area contributed by atoms with Crippen molar-refractivity contribution >= 4 is 17.6 Å². The highest BCUT2D eigenvalue weighted by molar-refractivity contribution is 5.93. The lowest BCUT2D eigenvalue weighted by molar-refractivity contribution is -0.137. The third kappa shape index (κ3) is 3.39. The van der Waals surface area contributed by atoms with E-state index in [2.05, 4.69) is 10.6 Å². The fourth-order valence-corrected chi connectivity index (χ4v) is 3.09. The van der Waals surface area contributed by atoms with Gasteiger partial charge >= 0.3 is 6.03 Å². The first-order valence-corrected chi connectivity index (χ1v) is 7.85. The van der Waals surface area contributed by atoms with Crippen molar-refractivity contribution in [1.29, 1.82) is 0 Å². The van der Waals surface area contributed by atoms with Crippen LogP contribution < -0.4 is 10.6 Å². The summed E-state index contributed by atoms with van der Waals surface area (Å²) >= 11 is 0. The highest BCUT2D eigenvalue weighted by atomic mass is 16.2. The molecule has 0 unspecified atom stereocenters. The molecule has 6 heteroatoms. The minimum absolute atomic E-state index is 0.0568. The molecule has 6 nitrogen and oxygen atoms in total. The maximum absolute atomic E-state index is 12.3. The zero-order valence-electron chi connectivity index (χ0n) is 12.6. The fourth-order valence-electron chi connectivity index (χ4n) is 3.09. The molecule has 1 aromatic carbocycles. The average Bonchev–Trinajstić information content (AvgIpc) is 2.56. The van der Waals surface area contributed by atoms with Crippen molar-refractivity contribution in [1.82, 2.24) is 15.1 Å². The van der Waals surface area contributed by atoms with Crippen molar-refractivity contribution in [3.05, 3.63) is 30.3 Å². The highest BCUT2D eigenvalue weighted by Crippen LogP contribution is 2.16. The van der Waals surface area contributed by atoms with Crippen LogP contribution in [0.2, 0.25) is 0 Å². The summed E-state index contributed by atoms with van der Waals surface area (Å²) < 4.78 is 0. The molecule has 0 radical (unpaired) electrons. The van der Waals surface area contributed by atoms with Gasteiger partial charge in [-0.2, -0.15) is 0 Å². The van der Waals surface area contributed by atoms with Crippen molar-refractivity contribution < 1.29 is 9.59 Å². The smallest absolute Gasteiger partial charge is 0.322 e. The molecule has 118 valence electrons. The first-order valence-electron chi connectivity index (χ1n) is 7.85. The van der Waals surface area contributed by atoms with Crippen LogP contribution in [0.1, 0.15) is 12.8 Å². The Hall–Kier alpha value is -2.08. The Balaban J connectivity index is 1.55. The third-order valence-corrected chi connectivity index (χ3v) is 4.32. The lowest BCUT2D eigenvalue weighted by Crippen LogP contribution is -2.57. The third-order valence-electron chi connectivity index (χ3n) is 4.32. The van der Waals surface area contributed by atoms with Crippen LogP contribution in [0.3, 0.4) is 0 Å². The van der Waals surface area contributed by atoms with Crippen LogP contribution in [-0.2, 0) is 4.79 Å². The quantitative estimate of drug-likeness (QED) is 0.860. The number of piperazine rings is 1. The van der Waals surface area contributed by atoms with Gasteiger partial charge in [-0.05, 0) is 38.1 Å². The normalized spacial score (nSPS) is 20.1. The van der Waals surface area contributed by atoms with Crippen molar-refractivity contribution in [2.45, 2.75) is 18.9 Å². The summed E-state index contributed by atoms with van der Waals surface area (Å²) in [6.07, 6.45) is 2.00. The maximum atomic E-state index is 12.3. The number of carbonyl (C=O) groups excluding carboxylic acids is 2. The molecular formula is C16H22N4O2. The van der Waals surface area contributed by atoms with Crippen LogP contribution in [0.4, 0.5) is 10.5 Å². The molecule has 0 spiro atoms. The largest absolute Gasteiger partial charge is 0.336 e. The number of hydrogen-bond acceptors (Lipinski definition) is 3. The minimum Gasteiger partial charge on any atom is -0.336 e. The summed E-state index contributed by atoms with van der Waals surface area (Å²) in [6.45, 7) is 3.32. The monoisotopic (exact) mass is 302 g/mol. The molecule has 0 aliphatic carbocycles. The Morgan fingerprint density at radius 2 is 1.86 bits per heavy atom. The molecule has 2 saturated heterocycles. The molecule has 1 aromatic rings. The van der Waals surface area contributed by atoms with Gasteiger partial charge in [-0.1, -0.05) is 18.2 Å². The summed E-state index contributed by atoms with van der Waals surface area (Å²) in [6, 6.07) is 9.44. The number of nitrogens with zero attached hydrogens (tertiary/aromatic N) is 2. The van der Waals surface area contributed by atoms with Crippen LogP contribution in [-0.4, -0.2) is 60.5 Å². The van der Waals surface area contributed by atoms with E-state index in [0.717, 1.165) is 31.6 Å². The van der Waals surface area contributed by atoms with E-state index in [-0.39, 0.29) is 18.5 Å². The summed E-state index contributed by atoms with van der Waals surface area (Å²) in [5.41, 5.74) is 0.751. The number of rotatable bonds is 2. The number of para-hydroxylation sites is 1. The predicted molar refractivity (Wildman–Crippen MR) is 84.6 cm³/mol. The van der Waals surface area contributed by atoms with E-state index in [0.29, 0.717) is 19.1 Å². The number of amides is 3.